The second-order valence-electron chi connectivity index (χ2n) is 5.78. The molecule has 0 aromatic heterocycles. The van der Waals surface area contributed by atoms with Gasteiger partial charge in [0.1, 0.15) is 0 Å². The fourth-order valence-electron chi connectivity index (χ4n) is 3.28. The van der Waals surface area contributed by atoms with Gasteiger partial charge in [-0.25, -0.2) is 0 Å². The molecule has 1 fully saturated rings. The van der Waals surface area contributed by atoms with Crippen molar-refractivity contribution in [3.8, 4) is 0 Å². The molecule has 0 heterocycles. The third-order valence-corrected chi connectivity index (χ3v) is 4.37. The van der Waals surface area contributed by atoms with Crippen molar-refractivity contribution in [1.29, 1.82) is 0 Å². The lowest BCUT2D eigenvalue weighted by Crippen LogP contribution is -2.45. The number of Topliss-reactive ketones (excluding diaryl/α,β-unsaturated/α-hetero) is 1. The van der Waals surface area contributed by atoms with Gasteiger partial charge in [0, 0.05) is 22.8 Å². The van der Waals surface area contributed by atoms with Crippen LogP contribution >= 0.6 is 0 Å². The van der Waals surface area contributed by atoms with E-state index < -0.39 is 18.1 Å². The molecular formula is C16H21NO4. The van der Waals surface area contributed by atoms with E-state index in [1.54, 1.807) is 24.3 Å². The molecule has 1 aliphatic rings. The lowest BCUT2D eigenvalue weighted by Gasteiger charge is -2.34. The number of rotatable bonds is 5. The number of nitrogens with zero attached hydrogens (tertiary/aromatic N) is 1. The normalized spacial score (nSPS) is 29.0. The summed E-state index contributed by atoms with van der Waals surface area (Å²) in [5.41, 5.74) is 0.512. The van der Waals surface area contributed by atoms with Crippen LogP contribution < -0.4 is 0 Å². The van der Waals surface area contributed by atoms with Crippen LogP contribution in [0.2, 0.25) is 0 Å². The Balaban J connectivity index is 2.17. The summed E-state index contributed by atoms with van der Waals surface area (Å²) in [7, 11) is 0. The Kier molecular flexibility index (Phi) is 5.07. The second kappa shape index (κ2) is 6.80. The smallest absolute Gasteiger partial charge is 0.216 e. The summed E-state index contributed by atoms with van der Waals surface area (Å²) >= 11 is 0. The zero-order valence-electron chi connectivity index (χ0n) is 12.1. The number of aliphatic hydroxyl groups is 1. The number of hydrogen-bond acceptors (Lipinski definition) is 4. The summed E-state index contributed by atoms with van der Waals surface area (Å²) in [6.45, 7) is 1.98. The second-order valence-corrected chi connectivity index (χ2v) is 5.78. The predicted molar refractivity (Wildman–Crippen MR) is 78.7 cm³/mol. The van der Waals surface area contributed by atoms with Crippen molar-refractivity contribution >= 4 is 5.78 Å². The Bertz CT molecular complexity index is 502. The van der Waals surface area contributed by atoms with Crippen LogP contribution in [0, 0.1) is 22.0 Å². The van der Waals surface area contributed by atoms with Crippen LogP contribution in [0.5, 0.6) is 0 Å². The van der Waals surface area contributed by atoms with E-state index >= 15 is 0 Å². The first-order valence-corrected chi connectivity index (χ1v) is 7.45. The van der Waals surface area contributed by atoms with Crippen molar-refractivity contribution in [3.63, 3.8) is 0 Å². The van der Waals surface area contributed by atoms with Gasteiger partial charge >= 0.3 is 0 Å². The zero-order chi connectivity index (χ0) is 15.4. The molecule has 0 radical (unpaired) electrons. The summed E-state index contributed by atoms with van der Waals surface area (Å²) in [5, 5.41) is 21.5. The van der Waals surface area contributed by atoms with Crippen molar-refractivity contribution in [2.75, 3.05) is 0 Å². The van der Waals surface area contributed by atoms with Gasteiger partial charge in [0.25, 0.3) is 0 Å². The van der Waals surface area contributed by atoms with Gasteiger partial charge in [0.05, 0.1) is 12.0 Å². The number of aliphatic hydroxyl groups excluding tert-OH is 1. The van der Waals surface area contributed by atoms with Gasteiger partial charge in [-0.15, -0.1) is 0 Å². The first-order valence-electron chi connectivity index (χ1n) is 7.45. The van der Waals surface area contributed by atoms with Crippen LogP contribution in [0.25, 0.3) is 0 Å². The molecule has 5 heteroatoms. The van der Waals surface area contributed by atoms with Gasteiger partial charge in [-0.05, 0) is 12.8 Å². The minimum Gasteiger partial charge on any atom is -0.392 e. The summed E-state index contributed by atoms with van der Waals surface area (Å²) in [6.07, 6.45) is 1.24. The largest absolute Gasteiger partial charge is 0.392 e. The van der Waals surface area contributed by atoms with Crippen molar-refractivity contribution in [2.45, 2.75) is 44.8 Å². The molecule has 4 atom stereocenters. The number of ketones is 1. The van der Waals surface area contributed by atoms with Crippen molar-refractivity contribution < 1.29 is 14.8 Å². The molecule has 1 saturated carbocycles. The molecule has 0 spiro atoms. The quantitative estimate of drug-likeness (QED) is 0.514. The van der Waals surface area contributed by atoms with Gasteiger partial charge in [-0.2, -0.15) is 0 Å². The molecule has 1 aromatic rings. The summed E-state index contributed by atoms with van der Waals surface area (Å²) < 4.78 is 0. The SMILES string of the molecule is CCC[C@@H]1C[C@@H](O)[C@@H](C(=O)c2ccccc2)C[C@H]1[N+](=O)[O-]. The maximum atomic E-state index is 12.5. The Morgan fingerprint density at radius 3 is 2.57 bits per heavy atom. The minimum absolute atomic E-state index is 0.132. The van der Waals surface area contributed by atoms with E-state index in [2.05, 4.69) is 0 Å². The monoisotopic (exact) mass is 291 g/mol. The Labute approximate surface area is 124 Å². The highest BCUT2D eigenvalue weighted by molar-refractivity contribution is 5.98. The van der Waals surface area contributed by atoms with E-state index in [1.165, 1.54) is 0 Å². The number of hydrogen-bond donors (Lipinski definition) is 1. The molecule has 1 aliphatic carbocycles. The number of carbonyl (C=O) groups excluding carboxylic acids is 1. The van der Waals surface area contributed by atoms with E-state index in [0.29, 0.717) is 12.0 Å². The van der Waals surface area contributed by atoms with E-state index in [9.17, 15) is 20.0 Å². The molecule has 0 bridgehead atoms. The summed E-state index contributed by atoms with van der Waals surface area (Å²) in [6, 6.07) is 7.97. The van der Waals surface area contributed by atoms with Crippen LogP contribution in [0.1, 0.15) is 43.0 Å². The molecular weight excluding hydrogens is 270 g/mol. The fourth-order valence-corrected chi connectivity index (χ4v) is 3.28. The summed E-state index contributed by atoms with van der Waals surface area (Å²) in [5.74, 6) is -0.999. The molecule has 1 N–H and O–H groups in total. The Morgan fingerprint density at radius 2 is 2.00 bits per heavy atom. The zero-order valence-corrected chi connectivity index (χ0v) is 12.1. The molecule has 1 aromatic carbocycles. The van der Waals surface area contributed by atoms with E-state index in [-0.39, 0.29) is 23.0 Å². The molecule has 0 unspecified atom stereocenters. The third kappa shape index (κ3) is 3.47. The summed E-state index contributed by atoms with van der Waals surface area (Å²) in [4.78, 5) is 23.4. The number of carbonyl (C=O) groups is 1. The highest BCUT2D eigenvalue weighted by Gasteiger charge is 2.45. The van der Waals surface area contributed by atoms with Gasteiger partial charge in [0.2, 0.25) is 6.04 Å². The maximum Gasteiger partial charge on any atom is 0.216 e. The van der Waals surface area contributed by atoms with E-state index in [4.69, 9.17) is 0 Å². The van der Waals surface area contributed by atoms with Gasteiger partial charge in [-0.3, -0.25) is 14.9 Å². The van der Waals surface area contributed by atoms with Crippen LogP contribution in [0.3, 0.4) is 0 Å². The third-order valence-electron chi connectivity index (χ3n) is 4.37. The molecule has 114 valence electrons. The fraction of sp³-hybridized carbons (Fsp3) is 0.562. The highest BCUT2D eigenvalue weighted by Crippen LogP contribution is 2.35. The van der Waals surface area contributed by atoms with Crippen LogP contribution in [-0.2, 0) is 0 Å². The van der Waals surface area contributed by atoms with E-state index in [0.717, 1.165) is 12.8 Å². The lowest BCUT2D eigenvalue weighted by atomic mass is 9.72. The lowest BCUT2D eigenvalue weighted by molar-refractivity contribution is -0.538. The molecule has 0 aliphatic heterocycles. The van der Waals surface area contributed by atoms with Gasteiger partial charge in [-0.1, -0.05) is 43.7 Å². The van der Waals surface area contributed by atoms with Crippen molar-refractivity contribution in [3.05, 3.63) is 46.0 Å². The average Bonchev–Trinajstić information content (AvgIpc) is 2.47. The minimum atomic E-state index is -0.787. The average molecular weight is 291 g/mol. The van der Waals surface area contributed by atoms with Crippen LogP contribution in [0.15, 0.2) is 30.3 Å². The van der Waals surface area contributed by atoms with Crippen LogP contribution in [-0.4, -0.2) is 28.0 Å². The Hall–Kier alpha value is -1.75. The number of benzene rings is 1. The van der Waals surface area contributed by atoms with Gasteiger partial charge in [0.15, 0.2) is 5.78 Å². The topological polar surface area (TPSA) is 80.4 Å². The van der Waals surface area contributed by atoms with Crippen molar-refractivity contribution in [2.24, 2.45) is 11.8 Å². The predicted octanol–water partition coefficient (Wildman–Crippen LogP) is 2.70. The first-order chi connectivity index (χ1) is 10.0. The Morgan fingerprint density at radius 1 is 1.33 bits per heavy atom. The maximum absolute atomic E-state index is 12.5. The van der Waals surface area contributed by atoms with E-state index in [1.807, 2.05) is 13.0 Å². The standard InChI is InChI=1S/C16H21NO4/c1-2-6-12-9-15(18)13(10-14(12)17(20)21)16(19)11-7-4-3-5-8-11/h3-5,7-8,12-15,18H,2,6,9-10H2,1H3/t12-,13+,14-,15-/m1/s1. The van der Waals surface area contributed by atoms with Gasteiger partial charge < -0.3 is 5.11 Å². The molecule has 2 rings (SSSR count). The van der Waals surface area contributed by atoms with Crippen LogP contribution in [0.4, 0.5) is 0 Å². The molecule has 21 heavy (non-hydrogen) atoms. The molecule has 5 nitrogen and oxygen atoms in total. The first kappa shape index (κ1) is 15.6. The number of nitro groups is 1. The highest BCUT2D eigenvalue weighted by atomic mass is 16.6. The molecule has 0 saturated heterocycles. The molecule has 0 amide bonds. The van der Waals surface area contributed by atoms with Crippen molar-refractivity contribution in [1.82, 2.24) is 0 Å².